The number of nitrogens with one attached hydrogen (secondary N) is 1. The van der Waals surface area contributed by atoms with Gasteiger partial charge in [-0.25, -0.2) is 0 Å². The molecule has 0 radical (unpaired) electrons. The fraction of sp³-hybridized carbons (Fsp3) is 1.00. The normalized spacial score (nSPS) is 13.4. The molecular weight excluding hydrogens is 206 g/mol. The second kappa shape index (κ2) is 10.8. The molecule has 92 valence electrons. The zero-order chi connectivity index (χ0) is 11.5. The van der Waals surface area contributed by atoms with Crippen molar-refractivity contribution in [2.45, 2.75) is 39.7 Å². The monoisotopic (exact) mass is 233 g/mol. The first-order valence-corrected chi connectivity index (χ1v) is 7.36. The van der Waals surface area contributed by atoms with Crippen LogP contribution in [0.1, 0.15) is 33.6 Å². The molecule has 0 saturated carbocycles. The largest absolute Gasteiger partial charge is 0.380 e. The van der Waals surface area contributed by atoms with E-state index >= 15 is 0 Å². The molecule has 0 aromatic heterocycles. The van der Waals surface area contributed by atoms with Crippen molar-refractivity contribution in [3.05, 3.63) is 0 Å². The summed E-state index contributed by atoms with van der Waals surface area (Å²) >= 11 is 1.91. The van der Waals surface area contributed by atoms with Gasteiger partial charge in [0.05, 0.1) is 6.61 Å². The maximum absolute atomic E-state index is 5.53. The molecule has 0 aromatic carbocycles. The lowest BCUT2D eigenvalue weighted by molar-refractivity contribution is 0.123. The molecule has 3 heteroatoms. The van der Waals surface area contributed by atoms with E-state index in [1.807, 2.05) is 11.8 Å². The van der Waals surface area contributed by atoms with Gasteiger partial charge in [0, 0.05) is 19.2 Å². The Morgan fingerprint density at radius 2 is 1.87 bits per heavy atom. The van der Waals surface area contributed by atoms with Gasteiger partial charge in [-0.1, -0.05) is 13.8 Å². The summed E-state index contributed by atoms with van der Waals surface area (Å²) in [4.78, 5) is 0. The smallest absolute Gasteiger partial charge is 0.0591 e. The molecule has 1 N–H and O–H groups in total. The van der Waals surface area contributed by atoms with Crippen molar-refractivity contribution < 1.29 is 4.74 Å². The SMILES string of the molecule is CSCCC(C)NCCOCCC(C)C. The van der Waals surface area contributed by atoms with E-state index in [-0.39, 0.29) is 0 Å². The van der Waals surface area contributed by atoms with E-state index in [1.54, 1.807) is 0 Å². The molecule has 0 rings (SSSR count). The average molecular weight is 233 g/mol. The van der Waals surface area contributed by atoms with Crippen molar-refractivity contribution in [2.75, 3.05) is 31.8 Å². The molecule has 2 nitrogen and oxygen atoms in total. The Morgan fingerprint density at radius 1 is 1.13 bits per heavy atom. The lowest BCUT2D eigenvalue weighted by atomic mass is 10.1. The molecule has 1 atom stereocenters. The Labute approximate surface area is 99.5 Å². The van der Waals surface area contributed by atoms with Crippen LogP contribution in [-0.4, -0.2) is 37.8 Å². The second-order valence-electron chi connectivity index (χ2n) is 4.43. The predicted molar refractivity (Wildman–Crippen MR) is 70.7 cm³/mol. The van der Waals surface area contributed by atoms with Crippen LogP contribution in [0.5, 0.6) is 0 Å². The van der Waals surface area contributed by atoms with Crippen molar-refractivity contribution in [1.29, 1.82) is 0 Å². The summed E-state index contributed by atoms with van der Waals surface area (Å²) in [6.07, 6.45) is 4.57. The van der Waals surface area contributed by atoms with Crippen LogP contribution in [0.25, 0.3) is 0 Å². The van der Waals surface area contributed by atoms with Crippen molar-refractivity contribution in [1.82, 2.24) is 5.32 Å². The van der Waals surface area contributed by atoms with Crippen LogP contribution in [0.2, 0.25) is 0 Å². The molecule has 0 amide bonds. The Bertz CT molecular complexity index is 131. The third kappa shape index (κ3) is 12.2. The minimum atomic E-state index is 0.617. The Morgan fingerprint density at radius 3 is 2.47 bits per heavy atom. The first kappa shape index (κ1) is 15.3. The first-order valence-electron chi connectivity index (χ1n) is 5.97. The number of hydrogen-bond acceptors (Lipinski definition) is 3. The van der Waals surface area contributed by atoms with Crippen LogP contribution in [0.3, 0.4) is 0 Å². The van der Waals surface area contributed by atoms with E-state index < -0.39 is 0 Å². The highest BCUT2D eigenvalue weighted by molar-refractivity contribution is 7.98. The number of thioether (sulfide) groups is 1. The second-order valence-corrected chi connectivity index (χ2v) is 5.42. The zero-order valence-corrected chi connectivity index (χ0v) is 11.5. The first-order chi connectivity index (χ1) is 7.16. The van der Waals surface area contributed by atoms with Crippen molar-refractivity contribution in [3.63, 3.8) is 0 Å². The molecule has 0 aliphatic rings. The molecule has 0 aromatic rings. The van der Waals surface area contributed by atoms with Gasteiger partial charge in [-0.2, -0.15) is 11.8 Å². The number of rotatable bonds is 10. The fourth-order valence-electron chi connectivity index (χ4n) is 1.20. The molecule has 15 heavy (non-hydrogen) atoms. The summed E-state index contributed by atoms with van der Waals surface area (Å²) in [5.41, 5.74) is 0. The zero-order valence-electron chi connectivity index (χ0n) is 10.7. The molecule has 0 heterocycles. The van der Waals surface area contributed by atoms with E-state index in [0.29, 0.717) is 6.04 Å². The topological polar surface area (TPSA) is 21.3 Å². The predicted octanol–water partition coefficient (Wildman–Crippen LogP) is 2.78. The van der Waals surface area contributed by atoms with Crippen LogP contribution in [-0.2, 0) is 4.74 Å². The third-order valence-corrected chi connectivity index (χ3v) is 2.98. The van der Waals surface area contributed by atoms with Crippen molar-refractivity contribution >= 4 is 11.8 Å². The summed E-state index contributed by atoms with van der Waals surface area (Å²) in [7, 11) is 0. The summed E-state index contributed by atoms with van der Waals surface area (Å²) in [6.45, 7) is 9.42. The van der Waals surface area contributed by atoms with Crippen molar-refractivity contribution in [2.24, 2.45) is 5.92 Å². The van der Waals surface area contributed by atoms with Gasteiger partial charge in [-0.05, 0) is 37.7 Å². The molecule has 0 saturated heterocycles. The van der Waals surface area contributed by atoms with E-state index in [1.165, 1.54) is 18.6 Å². The summed E-state index contributed by atoms with van der Waals surface area (Å²) < 4.78 is 5.53. The Balaban J connectivity index is 3.09. The highest BCUT2D eigenvalue weighted by Crippen LogP contribution is 2.00. The Kier molecular flexibility index (Phi) is 11.0. The highest BCUT2D eigenvalue weighted by Gasteiger charge is 1.99. The molecule has 1 unspecified atom stereocenters. The lowest BCUT2D eigenvalue weighted by Gasteiger charge is -2.13. The van der Waals surface area contributed by atoms with Gasteiger partial charge in [0.15, 0.2) is 0 Å². The third-order valence-electron chi connectivity index (χ3n) is 2.33. The molecule has 0 spiro atoms. The van der Waals surface area contributed by atoms with E-state index in [4.69, 9.17) is 4.74 Å². The molecule has 0 aliphatic heterocycles. The summed E-state index contributed by atoms with van der Waals surface area (Å²) in [6, 6.07) is 0.617. The quantitative estimate of drug-likeness (QED) is 0.586. The van der Waals surface area contributed by atoms with Crippen molar-refractivity contribution in [3.8, 4) is 0 Å². The van der Waals surface area contributed by atoms with Gasteiger partial charge < -0.3 is 10.1 Å². The fourth-order valence-corrected chi connectivity index (χ4v) is 1.78. The van der Waals surface area contributed by atoms with Gasteiger partial charge in [0.2, 0.25) is 0 Å². The van der Waals surface area contributed by atoms with Gasteiger partial charge in [-0.15, -0.1) is 0 Å². The average Bonchev–Trinajstić information content (AvgIpc) is 2.19. The van der Waals surface area contributed by atoms with Crippen LogP contribution < -0.4 is 5.32 Å². The van der Waals surface area contributed by atoms with Gasteiger partial charge in [-0.3, -0.25) is 0 Å². The van der Waals surface area contributed by atoms with Gasteiger partial charge in [0.25, 0.3) is 0 Å². The number of hydrogen-bond donors (Lipinski definition) is 1. The van der Waals surface area contributed by atoms with E-state index in [2.05, 4.69) is 32.3 Å². The summed E-state index contributed by atoms with van der Waals surface area (Å²) in [5, 5.41) is 3.47. The van der Waals surface area contributed by atoms with Gasteiger partial charge >= 0.3 is 0 Å². The molecular formula is C12H27NOS. The molecule has 0 aliphatic carbocycles. The minimum absolute atomic E-state index is 0.617. The lowest BCUT2D eigenvalue weighted by Crippen LogP contribution is -2.30. The van der Waals surface area contributed by atoms with Crippen LogP contribution in [0.4, 0.5) is 0 Å². The van der Waals surface area contributed by atoms with E-state index in [0.717, 1.165) is 25.7 Å². The van der Waals surface area contributed by atoms with Gasteiger partial charge in [0.1, 0.15) is 0 Å². The van der Waals surface area contributed by atoms with Crippen LogP contribution in [0, 0.1) is 5.92 Å². The maximum atomic E-state index is 5.53. The molecule has 0 bridgehead atoms. The van der Waals surface area contributed by atoms with Crippen LogP contribution in [0.15, 0.2) is 0 Å². The highest BCUT2D eigenvalue weighted by atomic mass is 32.2. The number of ether oxygens (including phenoxy) is 1. The minimum Gasteiger partial charge on any atom is -0.380 e. The Hall–Kier alpha value is 0.270. The maximum Gasteiger partial charge on any atom is 0.0591 e. The standard InChI is InChI=1S/C12H27NOS/c1-11(2)5-8-14-9-7-13-12(3)6-10-15-4/h11-13H,5-10H2,1-4H3. The van der Waals surface area contributed by atoms with E-state index in [9.17, 15) is 0 Å². The summed E-state index contributed by atoms with van der Waals surface area (Å²) in [5.74, 6) is 1.99. The molecule has 0 fully saturated rings. The van der Waals surface area contributed by atoms with Crippen LogP contribution >= 0.6 is 11.8 Å².